The summed E-state index contributed by atoms with van der Waals surface area (Å²) in [5.74, 6) is 0.149. The van der Waals surface area contributed by atoms with Crippen LogP contribution >= 0.6 is 11.8 Å². The predicted molar refractivity (Wildman–Crippen MR) is 108 cm³/mol. The Kier molecular flexibility index (Phi) is 5.98. The van der Waals surface area contributed by atoms with E-state index in [2.05, 4.69) is 33.0 Å². The molecule has 0 unspecified atom stereocenters. The standard InChI is InChI=1S/C20H21N5O2S/c26-19(14-28-20-22-23-24-25(20)13-18-7-4-12-27-18)21-17-10-8-16(9-11-17)15-5-2-1-3-6-15/h1-3,5-6,8-11,18H,4,7,12-14H2,(H,21,26)/t18-/m1/s1. The van der Waals surface area contributed by atoms with E-state index in [4.69, 9.17) is 4.74 Å². The molecule has 0 bridgehead atoms. The third-order valence-electron chi connectivity index (χ3n) is 4.51. The molecule has 0 radical (unpaired) electrons. The first-order valence-corrected chi connectivity index (χ1v) is 10.2. The maximum absolute atomic E-state index is 12.3. The van der Waals surface area contributed by atoms with Gasteiger partial charge in [-0.05, 0) is 46.5 Å². The smallest absolute Gasteiger partial charge is 0.234 e. The van der Waals surface area contributed by atoms with E-state index in [-0.39, 0.29) is 17.8 Å². The maximum atomic E-state index is 12.3. The van der Waals surface area contributed by atoms with E-state index >= 15 is 0 Å². The molecule has 144 valence electrons. The van der Waals surface area contributed by atoms with Gasteiger partial charge in [-0.15, -0.1) is 5.10 Å². The predicted octanol–water partition coefficient (Wildman–Crippen LogP) is 3.25. The number of nitrogens with zero attached hydrogens (tertiary/aromatic N) is 4. The molecule has 1 fully saturated rings. The van der Waals surface area contributed by atoms with Crippen molar-refractivity contribution < 1.29 is 9.53 Å². The maximum Gasteiger partial charge on any atom is 0.234 e. The highest BCUT2D eigenvalue weighted by Gasteiger charge is 2.19. The number of amides is 1. The summed E-state index contributed by atoms with van der Waals surface area (Å²) < 4.78 is 7.33. The highest BCUT2D eigenvalue weighted by Crippen LogP contribution is 2.22. The van der Waals surface area contributed by atoms with Gasteiger partial charge in [-0.3, -0.25) is 4.79 Å². The largest absolute Gasteiger partial charge is 0.376 e. The normalized spacial score (nSPS) is 16.2. The van der Waals surface area contributed by atoms with Gasteiger partial charge in [0.1, 0.15) is 0 Å². The fraction of sp³-hybridized carbons (Fsp3) is 0.300. The van der Waals surface area contributed by atoms with Crippen LogP contribution in [0.1, 0.15) is 12.8 Å². The first-order chi connectivity index (χ1) is 13.8. The topological polar surface area (TPSA) is 81.9 Å². The average Bonchev–Trinajstić information content (AvgIpc) is 3.40. The van der Waals surface area contributed by atoms with Crippen molar-refractivity contribution in [3.8, 4) is 11.1 Å². The van der Waals surface area contributed by atoms with Crippen LogP contribution < -0.4 is 5.32 Å². The SMILES string of the molecule is O=C(CSc1nnnn1C[C@H]1CCCO1)Nc1ccc(-c2ccccc2)cc1. The number of nitrogens with one attached hydrogen (secondary N) is 1. The Morgan fingerprint density at radius 3 is 2.68 bits per heavy atom. The van der Waals surface area contributed by atoms with Crippen LogP contribution in [0.25, 0.3) is 11.1 Å². The second-order valence-corrected chi connectivity index (χ2v) is 7.50. The van der Waals surface area contributed by atoms with Crippen molar-refractivity contribution in [2.75, 3.05) is 17.7 Å². The molecule has 0 spiro atoms. The van der Waals surface area contributed by atoms with Gasteiger partial charge >= 0.3 is 0 Å². The van der Waals surface area contributed by atoms with Crippen LogP contribution in [-0.2, 0) is 16.1 Å². The lowest BCUT2D eigenvalue weighted by Gasteiger charge is -2.10. The number of carbonyl (C=O) groups is 1. The third-order valence-corrected chi connectivity index (χ3v) is 5.46. The molecule has 0 saturated carbocycles. The minimum Gasteiger partial charge on any atom is -0.376 e. The summed E-state index contributed by atoms with van der Waals surface area (Å²) >= 11 is 1.32. The number of aromatic nitrogens is 4. The van der Waals surface area contributed by atoms with Crippen LogP contribution in [0.15, 0.2) is 59.8 Å². The summed E-state index contributed by atoms with van der Waals surface area (Å²) in [6.45, 7) is 1.42. The number of hydrogen-bond acceptors (Lipinski definition) is 6. The Morgan fingerprint density at radius 1 is 1.14 bits per heavy atom. The molecule has 2 heterocycles. The van der Waals surface area contributed by atoms with Crippen molar-refractivity contribution in [1.82, 2.24) is 20.2 Å². The quantitative estimate of drug-likeness (QED) is 0.619. The highest BCUT2D eigenvalue weighted by atomic mass is 32.2. The van der Waals surface area contributed by atoms with Gasteiger partial charge in [0.05, 0.1) is 18.4 Å². The second-order valence-electron chi connectivity index (χ2n) is 6.56. The van der Waals surface area contributed by atoms with E-state index in [0.29, 0.717) is 11.7 Å². The lowest BCUT2D eigenvalue weighted by atomic mass is 10.1. The highest BCUT2D eigenvalue weighted by molar-refractivity contribution is 7.99. The molecule has 1 amide bonds. The molecule has 8 heteroatoms. The molecule has 1 N–H and O–H groups in total. The zero-order chi connectivity index (χ0) is 19.2. The third kappa shape index (κ3) is 4.76. The number of hydrogen-bond donors (Lipinski definition) is 1. The molecule has 3 aromatic rings. The van der Waals surface area contributed by atoms with Crippen LogP contribution in [0.4, 0.5) is 5.69 Å². The van der Waals surface area contributed by atoms with Crippen molar-refractivity contribution in [2.45, 2.75) is 30.6 Å². The molecule has 1 aliphatic rings. The molecule has 1 aliphatic heterocycles. The fourth-order valence-electron chi connectivity index (χ4n) is 3.10. The summed E-state index contributed by atoms with van der Waals surface area (Å²) in [5, 5.41) is 15.3. The zero-order valence-corrected chi connectivity index (χ0v) is 16.1. The molecule has 7 nitrogen and oxygen atoms in total. The monoisotopic (exact) mass is 395 g/mol. The molecular formula is C20H21N5O2S. The van der Waals surface area contributed by atoms with Gasteiger partial charge in [0, 0.05) is 12.3 Å². The summed E-state index contributed by atoms with van der Waals surface area (Å²) in [4.78, 5) is 12.3. The molecule has 1 aromatic heterocycles. The van der Waals surface area contributed by atoms with E-state index in [1.54, 1.807) is 4.68 Å². The van der Waals surface area contributed by atoms with E-state index in [9.17, 15) is 4.79 Å². The molecule has 1 atom stereocenters. The first-order valence-electron chi connectivity index (χ1n) is 9.24. The number of carbonyl (C=O) groups excluding carboxylic acids is 1. The number of anilines is 1. The Morgan fingerprint density at radius 2 is 1.93 bits per heavy atom. The van der Waals surface area contributed by atoms with Crippen LogP contribution in [0.2, 0.25) is 0 Å². The van der Waals surface area contributed by atoms with E-state index in [0.717, 1.165) is 36.3 Å². The zero-order valence-electron chi connectivity index (χ0n) is 15.3. The second kappa shape index (κ2) is 8.99. The van der Waals surface area contributed by atoms with E-state index in [1.165, 1.54) is 11.8 Å². The minimum atomic E-state index is -0.0934. The van der Waals surface area contributed by atoms with Gasteiger partial charge in [-0.1, -0.05) is 54.2 Å². The van der Waals surface area contributed by atoms with Crippen LogP contribution in [0.3, 0.4) is 0 Å². The van der Waals surface area contributed by atoms with E-state index < -0.39 is 0 Å². The van der Waals surface area contributed by atoms with Crippen LogP contribution in [0.5, 0.6) is 0 Å². The van der Waals surface area contributed by atoms with Gasteiger partial charge < -0.3 is 10.1 Å². The molecule has 0 aliphatic carbocycles. The first kappa shape index (κ1) is 18.6. The Hall–Kier alpha value is -2.71. The van der Waals surface area contributed by atoms with Gasteiger partial charge in [0.2, 0.25) is 11.1 Å². The number of rotatable bonds is 7. The number of ether oxygens (including phenoxy) is 1. The average molecular weight is 395 g/mol. The molecule has 2 aromatic carbocycles. The lowest BCUT2D eigenvalue weighted by molar-refractivity contribution is -0.113. The summed E-state index contributed by atoms with van der Waals surface area (Å²) in [5.41, 5.74) is 3.03. The number of benzene rings is 2. The van der Waals surface area contributed by atoms with Gasteiger partial charge in [0.25, 0.3) is 0 Å². The van der Waals surface area contributed by atoms with Crippen molar-refractivity contribution in [3.63, 3.8) is 0 Å². The van der Waals surface area contributed by atoms with Crippen LogP contribution in [-0.4, -0.2) is 44.6 Å². The van der Waals surface area contributed by atoms with Crippen molar-refractivity contribution in [1.29, 1.82) is 0 Å². The van der Waals surface area contributed by atoms with Gasteiger partial charge in [0.15, 0.2) is 0 Å². The van der Waals surface area contributed by atoms with Crippen molar-refractivity contribution in [2.24, 2.45) is 0 Å². The minimum absolute atomic E-state index is 0.0934. The lowest BCUT2D eigenvalue weighted by Crippen LogP contribution is -2.18. The molecule has 4 rings (SSSR count). The molecular weight excluding hydrogens is 374 g/mol. The van der Waals surface area contributed by atoms with Crippen molar-refractivity contribution >= 4 is 23.4 Å². The summed E-state index contributed by atoms with van der Waals surface area (Å²) in [7, 11) is 0. The van der Waals surface area contributed by atoms with Gasteiger partial charge in [-0.2, -0.15) is 0 Å². The molecule has 1 saturated heterocycles. The van der Waals surface area contributed by atoms with Crippen molar-refractivity contribution in [3.05, 3.63) is 54.6 Å². The molecule has 28 heavy (non-hydrogen) atoms. The van der Waals surface area contributed by atoms with Gasteiger partial charge in [-0.25, -0.2) is 4.68 Å². The van der Waals surface area contributed by atoms with Crippen LogP contribution in [0, 0.1) is 0 Å². The van der Waals surface area contributed by atoms with E-state index in [1.807, 2.05) is 42.5 Å². The Labute approximate surface area is 167 Å². The Balaban J connectivity index is 1.30. The Bertz CT molecular complexity index is 908. The summed E-state index contributed by atoms with van der Waals surface area (Å²) in [6.07, 6.45) is 2.24. The summed E-state index contributed by atoms with van der Waals surface area (Å²) in [6, 6.07) is 17.9. The number of thioether (sulfide) groups is 1. The fourth-order valence-corrected chi connectivity index (χ4v) is 3.79. The number of tetrazole rings is 1.